The van der Waals surface area contributed by atoms with E-state index >= 15 is 0 Å². The predicted octanol–water partition coefficient (Wildman–Crippen LogP) is 1.94. The third-order valence-corrected chi connectivity index (χ3v) is 5.64. The molecule has 2 fully saturated rings. The third-order valence-electron chi connectivity index (χ3n) is 5.64. The number of anilines is 1. The fraction of sp³-hybridized carbons (Fsp3) is 0.600. The lowest BCUT2D eigenvalue weighted by molar-refractivity contribution is 0.145. The molecule has 146 valence electrons. The zero-order valence-corrected chi connectivity index (χ0v) is 15.9. The van der Waals surface area contributed by atoms with Gasteiger partial charge in [0.05, 0.1) is 30.6 Å². The molecule has 27 heavy (non-hydrogen) atoms. The number of nitrogens with zero attached hydrogens (tertiary/aromatic N) is 4. The molecule has 7 nitrogen and oxygen atoms in total. The number of aliphatic hydroxyl groups excluding tert-OH is 1. The Morgan fingerprint density at radius 2 is 2.04 bits per heavy atom. The second-order valence-corrected chi connectivity index (χ2v) is 7.76. The van der Waals surface area contributed by atoms with Gasteiger partial charge in [-0.3, -0.25) is 9.69 Å². The zero-order chi connectivity index (χ0) is 18.8. The van der Waals surface area contributed by atoms with Crippen LogP contribution < -0.4 is 10.5 Å². The SMILES string of the molecule is Cc1ccc(CN2CCCC(n3ncc(N4CCC(O)CC4)cc3=O)C2)o1. The molecule has 1 atom stereocenters. The Morgan fingerprint density at radius 3 is 2.74 bits per heavy atom. The summed E-state index contributed by atoms with van der Waals surface area (Å²) in [5, 5.41) is 14.1. The number of hydrogen-bond donors (Lipinski definition) is 1. The van der Waals surface area contributed by atoms with Crippen LogP contribution in [0.2, 0.25) is 0 Å². The number of likely N-dealkylation sites (tertiary alicyclic amines) is 1. The van der Waals surface area contributed by atoms with E-state index in [-0.39, 0.29) is 17.7 Å². The van der Waals surface area contributed by atoms with E-state index in [1.165, 1.54) is 0 Å². The van der Waals surface area contributed by atoms with Crippen LogP contribution in [0.3, 0.4) is 0 Å². The molecule has 0 saturated carbocycles. The standard InChI is InChI=1S/C20H28N4O3/c1-15-4-5-19(27-15)14-22-8-2-3-16(13-22)24-20(26)11-17(12-21-24)23-9-6-18(25)7-10-23/h4-5,11-12,16,18,25H,2-3,6-10,13-14H2,1H3. The van der Waals surface area contributed by atoms with Crippen molar-refractivity contribution in [3.8, 4) is 0 Å². The highest BCUT2D eigenvalue weighted by molar-refractivity contribution is 5.43. The average Bonchev–Trinajstić information content (AvgIpc) is 3.07. The Labute approximate surface area is 159 Å². The summed E-state index contributed by atoms with van der Waals surface area (Å²) in [4.78, 5) is 17.2. The van der Waals surface area contributed by atoms with Gasteiger partial charge in [-0.05, 0) is 51.3 Å². The van der Waals surface area contributed by atoms with Crippen molar-refractivity contribution in [2.45, 2.75) is 51.3 Å². The van der Waals surface area contributed by atoms with Crippen LogP contribution in [-0.4, -0.2) is 52.1 Å². The molecule has 0 radical (unpaired) electrons. The summed E-state index contributed by atoms with van der Waals surface area (Å²) in [7, 11) is 0. The number of aliphatic hydroxyl groups is 1. The molecule has 4 rings (SSSR count). The van der Waals surface area contributed by atoms with Gasteiger partial charge in [-0.1, -0.05) is 0 Å². The van der Waals surface area contributed by atoms with E-state index in [2.05, 4.69) is 14.9 Å². The summed E-state index contributed by atoms with van der Waals surface area (Å²) < 4.78 is 7.33. The first-order chi connectivity index (χ1) is 13.1. The van der Waals surface area contributed by atoms with Crippen LogP contribution in [0.15, 0.2) is 33.6 Å². The Bertz CT molecular complexity index is 823. The van der Waals surface area contributed by atoms with Crippen LogP contribution in [0, 0.1) is 6.92 Å². The quantitative estimate of drug-likeness (QED) is 0.884. The summed E-state index contributed by atoms with van der Waals surface area (Å²) >= 11 is 0. The van der Waals surface area contributed by atoms with Crippen LogP contribution in [0.5, 0.6) is 0 Å². The largest absolute Gasteiger partial charge is 0.465 e. The predicted molar refractivity (Wildman–Crippen MR) is 103 cm³/mol. The first-order valence-electron chi connectivity index (χ1n) is 9.88. The summed E-state index contributed by atoms with van der Waals surface area (Å²) in [5.74, 6) is 1.90. The molecule has 4 heterocycles. The lowest BCUT2D eigenvalue weighted by Crippen LogP contribution is -2.41. The number of rotatable bonds is 4. The van der Waals surface area contributed by atoms with Crippen molar-refractivity contribution < 1.29 is 9.52 Å². The van der Waals surface area contributed by atoms with Crippen LogP contribution >= 0.6 is 0 Å². The summed E-state index contributed by atoms with van der Waals surface area (Å²) in [5.41, 5.74) is 0.821. The molecule has 0 bridgehead atoms. The summed E-state index contributed by atoms with van der Waals surface area (Å²) in [6.45, 7) is 6.09. The van der Waals surface area contributed by atoms with Gasteiger partial charge in [-0.25, -0.2) is 4.68 Å². The van der Waals surface area contributed by atoms with E-state index in [1.54, 1.807) is 16.9 Å². The van der Waals surface area contributed by atoms with Crippen LogP contribution in [0.25, 0.3) is 0 Å². The Hall–Kier alpha value is -2.12. The Balaban J connectivity index is 1.43. The van der Waals surface area contributed by atoms with Crippen molar-refractivity contribution in [1.29, 1.82) is 0 Å². The molecule has 1 unspecified atom stereocenters. The van der Waals surface area contributed by atoms with Gasteiger partial charge in [-0.15, -0.1) is 0 Å². The van der Waals surface area contributed by atoms with Gasteiger partial charge in [0.25, 0.3) is 5.56 Å². The molecule has 2 saturated heterocycles. The summed E-state index contributed by atoms with van der Waals surface area (Å²) in [6.07, 6.45) is 5.08. The minimum absolute atomic E-state index is 0.0423. The molecule has 0 amide bonds. The Morgan fingerprint density at radius 1 is 1.22 bits per heavy atom. The number of hydrogen-bond acceptors (Lipinski definition) is 6. The van der Waals surface area contributed by atoms with Gasteiger partial charge in [0.1, 0.15) is 11.5 Å². The van der Waals surface area contributed by atoms with Crippen molar-refractivity contribution >= 4 is 5.69 Å². The van der Waals surface area contributed by atoms with Gasteiger partial charge in [-0.2, -0.15) is 5.10 Å². The van der Waals surface area contributed by atoms with Crippen molar-refractivity contribution in [2.75, 3.05) is 31.1 Å². The van der Waals surface area contributed by atoms with Gasteiger partial charge in [0.2, 0.25) is 0 Å². The topological polar surface area (TPSA) is 74.7 Å². The molecule has 2 aromatic heterocycles. The normalized spacial score (nSPS) is 22.3. The van der Waals surface area contributed by atoms with E-state index in [0.717, 1.165) is 75.6 Å². The maximum Gasteiger partial charge on any atom is 0.269 e. The monoisotopic (exact) mass is 372 g/mol. The highest BCUT2D eigenvalue weighted by Gasteiger charge is 2.24. The maximum atomic E-state index is 12.7. The molecule has 2 aliphatic heterocycles. The van der Waals surface area contributed by atoms with Gasteiger partial charge < -0.3 is 14.4 Å². The highest BCUT2D eigenvalue weighted by Crippen LogP contribution is 2.23. The van der Waals surface area contributed by atoms with Crippen molar-refractivity contribution in [2.24, 2.45) is 0 Å². The van der Waals surface area contributed by atoms with Crippen molar-refractivity contribution in [1.82, 2.24) is 14.7 Å². The lowest BCUT2D eigenvalue weighted by atomic mass is 10.1. The van der Waals surface area contributed by atoms with E-state index in [4.69, 9.17) is 4.42 Å². The molecular formula is C20H28N4O3. The first kappa shape index (κ1) is 18.3. The molecule has 1 N–H and O–H groups in total. The van der Waals surface area contributed by atoms with Gasteiger partial charge in [0, 0.05) is 25.7 Å². The highest BCUT2D eigenvalue weighted by atomic mass is 16.3. The number of aryl methyl sites for hydroxylation is 1. The second kappa shape index (κ2) is 7.86. The van der Waals surface area contributed by atoms with Crippen molar-refractivity contribution in [3.05, 3.63) is 46.3 Å². The molecular weight excluding hydrogens is 344 g/mol. The third kappa shape index (κ3) is 4.25. The first-order valence-corrected chi connectivity index (χ1v) is 9.88. The molecule has 0 aromatic carbocycles. The van der Waals surface area contributed by atoms with E-state index in [1.807, 2.05) is 19.1 Å². The smallest absolute Gasteiger partial charge is 0.269 e. The van der Waals surface area contributed by atoms with Crippen molar-refractivity contribution in [3.63, 3.8) is 0 Å². The molecule has 0 aliphatic carbocycles. The van der Waals surface area contributed by atoms with Gasteiger partial charge in [0.15, 0.2) is 0 Å². The maximum absolute atomic E-state index is 12.7. The number of furan rings is 1. The fourth-order valence-electron chi connectivity index (χ4n) is 4.14. The van der Waals surface area contributed by atoms with Gasteiger partial charge >= 0.3 is 0 Å². The summed E-state index contributed by atoms with van der Waals surface area (Å²) in [6, 6.07) is 5.80. The average molecular weight is 372 g/mol. The number of aromatic nitrogens is 2. The fourth-order valence-corrected chi connectivity index (χ4v) is 4.14. The van der Waals surface area contributed by atoms with E-state index in [9.17, 15) is 9.90 Å². The zero-order valence-electron chi connectivity index (χ0n) is 15.9. The Kier molecular flexibility index (Phi) is 5.31. The van der Waals surface area contributed by atoms with Crippen LogP contribution in [-0.2, 0) is 6.54 Å². The lowest BCUT2D eigenvalue weighted by Gasteiger charge is -2.33. The molecule has 7 heteroatoms. The van der Waals surface area contributed by atoms with E-state index < -0.39 is 0 Å². The second-order valence-electron chi connectivity index (χ2n) is 7.76. The van der Waals surface area contributed by atoms with Crippen LogP contribution in [0.1, 0.15) is 43.2 Å². The molecule has 0 spiro atoms. The molecule has 2 aromatic rings. The minimum Gasteiger partial charge on any atom is -0.465 e. The molecule has 2 aliphatic rings. The van der Waals surface area contributed by atoms with Crippen LogP contribution in [0.4, 0.5) is 5.69 Å². The van der Waals surface area contributed by atoms with E-state index in [0.29, 0.717) is 0 Å². The minimum atomic E-state index is -0.222. The number of piperidine rings is 2.